The summed E-state index contributed by atoms with van der Waals surface area (Å²) in [5.41, 5.74) is 11.4. The number of hydrogen-bond donors (Lipinski definition) is 2. The van der Waals surface area contributed by atoms with Crippen molar-refractivity contribution in [1.29, 1.82) is 0 Å². The van der Waals surface area contributed by atoms with Crippen molar-refractivity contribution in [3.63, 3.8) is 0 Å². The lowest BCUT2D eigenvalue weighted by Gasteiger charge is -2.18. The van der Waals surface area contributed by atoms with Crippen molar-refractivity contribution in [2.75, 3.05) is 5.01 Å². The van der Waals surface area contributed by atoms with Crippen LogP contribution in [-0.4, -0.2) is 24.1 Å². The van der Waals surface area contributed by atoms with Crippen LogP contribution in [0.1, 0.15) is 34.0 Å². The molecule has 13 heteroatoms. The highest BCUT2D eigenvalue weighted by Gasteiger charge is 2.31. The standard InChI is InChI=1S/C32H27F5N6OS/c1-20-4-3-5-21(2)29(20)40-31(45-18-24-10-11-25(33)16-28(24)34)41-39-17-22-6-8-23(9-7-22)30-38-19-43(42-30)26-12-14-27(15-13-26)44-32(35,36)37/h3-17,19,30,42H,18H2,1-2H3,(H,40,41)/b39-17+. The van der Waals surface area contributed by atoms with Crippen molar-refractivity contribution in [3.05, 3.63) is 124 Å². The first-order valence-electron chi connectivity index (χ1n) is 13.6. The van der Waals surface area contributed by atoms with Gasteiger partial charge in [-0.15, -0.1) is 13.2 Å². The number of nitrogens with one attached hydrogen (secondary N) is 2. The molecule has 7 nitrogen and oxygen atoms in total. The molecule has 1 aliphatic heterocycles. The minimum absolute atomic E-state index is 0.213. The molecule has 0 saturated carbocycles. The Kier molecular flexibility index (Phi) is 9.79. The van der Waals surface area contributed by atoms with Gasteiger partial charge in [-0.2, -0.15) is 10.5 Å². The fourth-order valence-electron chi connectivity index (χ4n) is 4.33. The first kappa shape index (κ1) is 31.7. The van der Waals surface area contributed by atoms with Crippen molar-refractivity contribution in [3.8, 4) is 5.75 Å². The lowest BCUT2D eigenvalue weighted by Crippen LogP contribution is -2.33. The largest absolute Gasteiger partial charge is 0.573 e. The van der Waals surface area contributed by atoms with E-state index in [-0.39, 0.29) is 11.5 Å². The third-order valence-electron chi connectivity index (χ3n) is 6.60. The van der Waals surface area contributed by atoms with Gasteiger partial charge in [-0.25, -0.2) is 18.8 Å². The van der Waals surface area contributed by atoms with Crippen molar-refractivity contribution in [1.82, 2.24) is 10.9 Å². The zero-order valence-electron chi connectivity index (χ0n) is 24.0. The first-order chi connectivity index (χ1) is 21.5. The molecule has 0 saturated heterocycles. The summed E-state index contributed by atoms with van der Waals surface area (Å²) in [5.74, 6) is -1.37. The van der Waals surface area contributed by atoms with Gasteiger partial charge in [0.1, 0.15) is 29.9 Å². The molecule has 1 aliphatic rings. The number of rotatable bonds is 8. The normalized spacial score (nSPS) is 15.2. The number of hydrogen-bond acceptors (Lipinski definition) is 7. The minimum Gasteiger partial charge on any atom is -0.406 e. The van der Waals surface area contributed by atoms with Crippen LogP contribution in [0.25, 0.3) is 0 Å². The molecule has 0 bridgehead atoms. The van der Waals surface area contributed by atoms with Crippen LogP contribution in [0.15, 0.2) is 100 Å². The maximum atomic E-state index is 14.2. The highest BCUT2D eigenvalue weighted by atomic mass is 32.2. The van der Waals surface area contributed by atoms with Crippen molar-refractivity contribution >= 4 is 40.9 Å². The van der Waals surface area contributed by atoms with E-state index in [0.717, 1.165) is 34.0 Å². The Morgan fingerprint density at radius 3 is 2.38 bits per heavy atom. The molecule has 232 valence electrons. The molecule has 4 aromatic rings. The van der Waals surface area contributed by atoms with Crippen LogP contribution < -0.4 is 20.6 Å². The van der Waals surface area contributed by atoms with Crippen molar-refractivity contribution in [2.24, 2.45) is 15.1 Å². The highest BCUT2D eigenvalue weighted by Crippen LogP contribution is 2.28. The summed E-state index contributed by atoms with van der Waals surface area (Å²) in [7, 11) is 0. The number of hydrazine groups is 1. The first-order valence-corrected chi connectivity index (χ1v) is 14.6. The molecule has 0 aliphatic carbocycles. The van der Waals surface area contributed by atoms with E-state index in [1.54, 1.807) is 17.6 Å². The smallest absolute Gasteiger partial charge is 0.406 e. The van der Waals surface area contributed by atoms with Gasteiger partial charge in [0.25, 0.3) is 0 Å². The van der Waals surface area contributed by atoms with Gasteiger partial charge in [-0.3, -0.25) is 10.4 Å². The number of nitrogens with zero attached hydrogens (tertiary/aromatic N) is 4. The summed E-state index contributed by atoms with van der Waals surface area (Å²) in [6.07, 6.45) is -1.99. The third-order valence-corrected chi connectivity index (χ3v) is 7.51. The van der Waals surface area contributed by atoms with Crippen LogP contribution in [0.4, 0.5) is 33.3 Å². The van der Waals surface area contributed by atoms with Gasteiger partial charge in [-0.1, -0.05) is 60.3 Å². The number of para-hydroxylation sites is 1. The number of halogens is 5. The van der Waals surface area contributed by atoms with E-state index in [1.807, 2.05) is 56.3 Å². The molecule has 1 atom stereocenters. The third kappa shape index (κ3) is 8.67. The van der Waals surface area contributed by atoms with E-state index in [1.165, 1.54) is 48.2 Å². The number of anilines is 1. The lowest BCUT2D eigenvalue weighted by molar-refractivity contribution is -0.274. The van der Waals surface area contributed by atoms with E-state index in [4.69, 9.17) is 4.99 Å². The molecule has 2 N–H and O–H groups in total. The Morgan fingerprint density at radius 2 is 1.71 bits per heavy atom. The Bertz CT molecular complexity index is 1710. The topological polar surface area (TPSA) is 73.6 Å². The Morgan fingerprint density at radius 1 is 1.00 bits per heavy atom. The van der Waals surface area contributed by atoms with Gasteiger partial charge in [0.05, 0.1) is 17.6 Å². The second-order valence-corrected chi connectivity index (χ2v) is 10.9. The van der Waals surface area contributed by atoms with Gasteiger partial charge in [0.15, 0.2) is 5.17 Å². The average molecular weight is 639 g/mol. The molecular weight excluding hydrogens is 611 g/mol. The summed E-state index contributed by atoms with van der Waals surface area (Å²) in [6.45, 7) is 3.90. The molecule has 1 unspecified atom stereocenters. The van der Waals surface area contributed by atoms with Gasteiger partial charge in [0, 0.05) is 11.8 Å². The number of benzene rings is 4. The number of hydrazone groups is 1. The van der Waals surface area contributed by atoms with E-state index in [0.29, 0.717) is 16.4 Å². The predicted molar refractivity (Wildman–Crippen MR) is 168 cm³/mol. The van der Waals surface area contributed by atoms with Gasteiger partial charge < -0.3 is 4.74 Å². The number of amidine groups is 1. The van der Waals surface area contributed by atoms with Crippen LogP contribution in [0.5, 0.6) is 5.75 Å². The van der Waals surface area contributed by atoms with E-state index in [2.05, 4.69) is 25.7 Å². The summed E-state index contributed by atoms with van der Waals surface area (Å²) in [4.78, 5) is 9.18. The fourth-order valence-corrected chi connectivity index (χ4v) is 5.13. The van der Waals surface area contributed by atoms with Gasteiger partial charge in [0.2, 0.25) is 0 Å². The van der Waals surface area contributed by atoms with Gasteiger partial charge >= 0.3 is 6.36 Å². The molecule has 0 fully saturated rings. The maximum absolute atomic E-state index is 14.2. The number of aryl methyl sites for hydroxylation is 2. The van der Waals surface area contributed by atoms with Crippen LogP contribution >= 0.6 is 11.8 Å². The number of aliphatic imine (C=N–C) groups is 2. The second kappa shape index (κ2) is 13.9. The SMILES string of the molecule is Cc1cccc(C)c1N=C(N/N=C/c1ccc(C2N=CN(c3ccc(OC(F)(F)F)cc3)N2)cc1)SCc1ccc(F)cc1F. The minimum atomic E-state index is -4.76. The molecule has 45 heavy (non-hydrogen) atoms. The molecule has 5 rings (SSSR count). The fraction of sp³-hybridized carbons (Fsp3) is 0.156. The van der Waals surface area contributed by atoms with Crippen LogP contribution in [0.2, 0.25) is 0 Å². The average Bonchev–Trinajstić information content (AvgIpc) is 3.49. The van der Waals surface area contributed by atoms with Gasteiger partial charge in [-0.05, 0) is 72.0 Å². The molecule has 0 radical (unpaired) electrons. The zero-order chi connectivity index (χ0) is 32.0. The Labute approximate surface area is 260 Å². The van der Waals surface area contributed by atoms with Crippen molar-refractivity contribution in [2.45, 2.75) is 32.1 Å². The number of thioether (sulfide) groups is 1. The van der Waals surface area contributed by atoms with Crippen LogP contribution in [0.3, 0.4) is 0 Å². The van der Waals surface area contributed by atoms with Crippen LogP contribution in [-0.2, 0) is 5.75 Å². The zero-order valence-corrected chi connectivity index (χ0v) is 24.8. The molecule has 4 aromatic carbocycles. The summed E-state index contributed by atoms with van der Waals surface area (Å²) < 4.78 is 68.8. The van der Waals surface area contributed by atoms with E-state index < -0.39 is 24.2 Å². The van der Waals surface area contributed by atoms with Crippen LogP contribution in [0, 0.1) is 25.5 Å². The van der Waals surface area contributed by atoms with E-state index >= 15 is 0 Å². The summed E-state index contributed by atoms with van der Waals surface area (Å²) >= 11 is 1.24. The Hall–Kier alpha value is -4.75. The van der Waals surface area contributed by atoms with Crippen molar-refractivity contribution < 1.29 is 26.7 Å². The molecule has 1 heterocycles. The molecule has 0 spiro atoms. The predicted octanol–water partition coefficient (Wildman–Crippen LogP) is 8.08. The quantitative estimate of drug-likeness (QED) is 0.0884. The Balaban J connectivity index is 1.22. The summed E-state index contributed by atoms with van der Waals surface area (Å²) in [6, 6.07) is 22.2. The number of alkyl halides is 3. The second-order valence-electron chi connectivity index (χ2n) is 9.93. The van der Waals surface area contributed by atoms with E-state index in [9.17, 15) is 22.0 Å². The molecule has 0 aromatic heterocycles. The number of ether oxygens (including phenoxy) is 1. The monoisotopic (exact) mass is 638 g/mol. The lowest BCUT2D eigenvalue weighted by atomic mass is 10.1. The maximum Gasteiger partial charge on any atom is 0.573 e. The molecule has 0 amide bonds. The highest BCUT2D eigenvalue weighted by molar-refractivity contribution is 8.13. The molecular formula is C32H27F5N6OS. The summed E-state index contributed by atoms with van der Waals surface area (Å²) in [5, 5.41) is 6.38.